The molecule has 0 aromatic carbocycles. The molecule has 2 rings (SSSR count). The molecule has 1 amide bonds. The van der Waals surface area contributed by atoms with Crippen molar-refractivity contribution in [2.75, 3.05) is 5.32 Å². The first-order valence-electron chi connectivity index (χ1n) is 5.69. The van der Waals surface area contributed by atoms with Gasteiger partial charge in [0.1, 0.15) is 5.69 Å². The first kappa shape index (κ1) is 12.2. The number of anilines is 1. The van der Waals surface area contributed by atoms with E-state index in [-0.39, 0.29) is 11.8 Å². The van der Waals surface area contributed by atoms with Crippen LogP contribution in [0, 0.1) is 0 Å². The molecule has 0 fully saturated rings. The molecule has 0 spiro atoms. The number of carbonyl (C=O) groups is 1. The minimum Gasteiger partial charge on any atom is -0.304 e. The summed E-state index contributed by atoms with van der Waals surface area (Å²) >= 11 is 0. The molecule has 1 N–H and O–H groups in total. The Morgan fingerprint density at radius 3 is 2.72 bits per heavy atom. The van der Waals surface area contributed by atoms with Crippen molar-refractivity contribution in [1.29, 1.82) is 0 Å². The summed E-state index contributed by atoms with van der Waals surface area (Å²) in [7, 11) is 1.75. The van der Waals surface area contributed by atoms with Crippen molar-refractivity contribution in [1.82, 2.24) is 19.7 Å². The summed E-state index contributed by atoms with van der Waals surface area (Å²) < 4.78 is 1.57. The average Bonchev–Trinajstić information content (AvgIpc) is 2.73. The maximum atomic E-state index is 12.0. The van der Waals surface area contributed by atoms with E-state index in [0.717, 1.165) is 5.69 Å². The molecule has 0 aliphatic heterocycles. The van der Waals surface area contributed by atoms with Gasteiger partial charge in [0.2, 0.25) is 0 Å². The fraction of sp³-hybridized carbons (Fsp3) is 0.333. The third-order valence-electron chi connectivity index (χ3n) is 2.53. The van der Waals surface area contributed by atoms with Crippen molar-refractivity contribution in [2.24, 2.45) is 7.05 Å². The lowest BCUT2D eigenvalue weighted by molar-refractivity contribution is 0.101. The Hall–Kier alpha value is -2.24. The van der Waals surface area contributed by atoms with Crippen LogP contribution >= 0.6 is 0 Å². The molecule has 18 heavy (non-hydrogen) atoms. The Kier molecular flexibility index (Phi) is 3.36. The largest absolute Gasteiger partial charge is 0.304 e. The van der Waals surface area contributed by atoms with Crippen LogP contribution in [0.15, 0.2) is 24.7 Å². The number of aryl methyl sites for hydroxylation is 1. The Labute approximate surface area is 105 Å². The van der Waals surface area contributed by atoms with Crippen LogP contribution in [0.2, 0.25) is 0 Å². The van der Waals surface area contributed by atoms with E-state index in [2.05, 4.69) is 20.4 Å². The van der Waals surface area contributed by atoms with Gasteiger partial charge in [-0.1, -0.05) is 13.8 Å². The number of amides is 1. The lowest BCUT2D eigenvalue weighted by atomic mass is 10.1. The minimum atomic E-state index is -0.239. The molecule has 2 heterocycles. The molecule has 0 unspecified atom stereocenters. The quantitative estimate of drug-likeness (QED) is 0.891. The highest BCUT2D eigenvalue weighted by Crippen LogP contribution is 2.14. The highest BCUT2D eigenvalue weighted by atomic mass is 16.2. The number of nitrogens with zero attached hydrogens (tertiary/aromatic N) is 4. The maximum absolute atomic E-state index is 12.0. The summed E-state index contributed by atoms with van der Waals surface area (Å²) in [6.45, 7) is 4.07. The molecule has 2 aromatic heterocycles. The van der Waals surface area contributed by atoms with Gasteiger partial charge >= 0.3 is 0 Å². The molecule has 0 bridgehead atoms. The number of hydrogen-bond acceptors (Lipinski definition) is 4. The predicted molar refractivity (Wildman–Crippen MR) is 67.3 cm³/mol. The number of carbonyl (C=O) groups excluding carboxylic acids is 1. The average molecular weight is 245 g/mol. The Balaban J connectivity index is 2.19. The second-order valence-corrected chi connectivity index (χ2v) is 4.28. The molecule has 0 saturated carbocycles. The number of rotatable bonds is 3. The summed E-state index contributed by atoms with van der Waals surface area (Å²) in [6, 6.07) is 1.79. The smallest absolute Gasteiger partial charge is 0.275 e. The normalized spacial score (nSPS) is 10.7. The fourth-order valence-electron chi connectivity index (χ4n) is 1.53. The van der Waals surface area contributed by atoms with Crippen LogP contribution in [0.25, 0.3) is 0 Å². The number of nitrogens with one attached hydrogen (secondary N) is 1. The van der Waals surface area contributed by atoms with Gasteiger partial charge in [-0.3, -0.25) is 14.5 Å². The van der Waals surface area contributed by atoms with E-state index >= 15 is 0 Å². The van der Waals surface area contributed by atoms with Crippen LogP contribution in [0.3, 0.4) is 0 Å². The van der Waals surface area contributed by atoms with Crippen LogP contribution in [0.4, 0.5) is 5.82 Å². The van der Waals surface area contributed by atoms with E-state index in [0.29, 0.717) is 11.5 Å². The molecule has 6 heteroatoms. The highest BCUT2D eigenvalue weighted by molar-refractivity contribution is 6.02. The topological polar surface area (TPSA) is 72.7 Å². The molecule has 0 aliphatic carbocycles. The van der Waals surface area contributed by atoms with Crippen molar-refractivity contribution in [3.63, 3.8) is 0 Å². The monoisotopic (exact) mass is 245 g/mol. The first-order valence-corrected chi connectivity index (χ1v) is 5.69. The fourth-order valence-corrected chi connectivity index (χ4v) is 1.53. The third kappa shape index (κ3) is 2.53. The summed E-state index contributed by atoms with van der Waals surface area (Å²) in [6.07, 6.45) is 4.58. The van der Waals surface area contributed by atoms with Gasteiger partial charge in [-0.2, -0.15) is 5.10 Å². The molecule has 6 nitrogen and oxygen atoms in total. The standard InChI is InChI=1S/C12H15N5O/c1-8(2)9-6-10(17(3)16-9)12(18)15-11-7-13-4-5-14-11/h4-8H,1-3H3,(H,14,15,18). The lowest BCUT2D eigenvalue weighted by Crippen LogP contribution is -2.16. The molecule has 0 radical (unpaired) electrons. The van der Waals surface area contributed by atoms with Gasteiger partial charge in [-0.25, -0.2) is 4.98 Å². The third-order valence-corrected chi connectivity index (χ3v) is 2.53. The van der Waals surface area contributed by atoms with Gasteiger partial charge in [0, 0.05) is 19.4 Å². The number of aromatic nitrogens is 4. The predicted octanol–water partition coefficient (Wildman–Crippen LogP) is 1.59. The Morgan fingerprint density at radius 1 is 1.39 bits per heavy atom. The van der Waals surface area contributed by atoms with Crippen molar-refractivity contribution in [3.8, 4) is 0 Å². The first-order chi connectivity index (χ1) is 8.58. The van der Waals surface area contributed by atoms with Crippen LogP contribution in [0.1, 0.15) is 35.9 Å². The zero-order valence-electron chi connectivity index (χ0n) is 10.6. The van der Waals surface area contributed by atoms with Crippen LogP contribution in [0.5, 0.6) is 0 Å². The van der Waals surface area contributed by atoms with E-state index in [1.165, 1.54) is 12.4 Å². The summed E-state index contributed by atoms with van der Waals surface area (Å²) in [4.78, 5) is 19.9. The van der Waals surface area contributed by atoms with Gasteiger partial charge in [0.25, 0.3) is 5.91 Å². The summed E-state index contributed by atoms with van der Waals surface area (Å²) in [5.41, 5.74) is 1.39. The minimum absolute atomic E-state index is 0.239. The Bertz CT molecular complexity index is 547. The lowest BCUT2D eigenvalue weighted by Gasteiger charge is -2.02. The second-order valence-electron chi connectivity index (χ2n) is 4.28. The van der Waals surface area contributed by atoms with Crippen LogP contribution in [-0.2, 0) is 7.05 Å². The van der Waals surface area contributed by atoms with Crippen molar-refractivity contribution in [3.05, 3.63) is 36.0 Å². The Morgan fingerprint density at radius 2 is 2.17 bits per heavy atom. The number of hydrogen-bond donors (Lipinski definition) is 1. The summed E-state index contributed by atoms with van der Waals surface area (Å²) in [5.74, 6) is 0.474. The van der Waals surface area contributed by atoms with Crippen molar-refractivity contribution < 1.29 is 4.79 Å². The molecular weight excluding hydrogens is 230 g/mol. The molecule has 2 aromatic rings. The molecule has 0 saturated heterocycles. The second kappa shape index (κ2) is 4.95. The van der Waals surface area contributed by atoms with E-state index in [4.69, 9.17) is 0 Å². The van der Waals surface area contributed by atoms with Crippen LogP contribution < -0.4 is 5.32 Å². The van der Waals surface area contributed by atoms with E-state index < -0.39 is 0 Å². The molecule has 0 aliphatic rings. The van der Waals surface area contributed by atoms with Crippen LogP contribution in [-0.4, -0.2) is 25.7 Å². The summed E-state index contributed by atoms with van der Waals surface area (Å²) in [5, 5.41) is 6.97. The molecule has 94 valence electrons. The zero-order chi connectivity index (χ0) is 13.1. The highest BCUT2D eigenvalue weighted by Gasteiger charge is 2.15. The van der Waals surface area contributed by atoms with Gasteiger partial charge in [0.05, 0.1) is 11.9 Å². The van der Waals surface area contributed by atoms with Gasteiger partial charge < -0.3 is 5.32 Å². The van der Waals surface area contributed by atoms with E-state index in [1.54, 1.807) is 24.0 Å². The molecular formula is C12H15N5O. The van der Waals surface area contributed by atoms with Gasteiger partial charge in [0.15, 0.2) is 5.82 Å². The maximum Gasteiger partial charge on any atom is 0.275 e. The molecule has 0 atom stereocenters. The zero-order valence-corrected chi connectivity index (χ0v) is 10.6. The van der Waals surface area contributed by atoms with E-state index in [1.807, 2.05) is 13.8 Å². The SMILES string of the molecule is CC(C)c1cc(C(=O)Nc2cnccn2)n(C)n1. The van der Waals surface area contributed by atoms with E-state index in [9.17, 15) is 4.79 Å². The van der Waals surface area contributed by atoms with Gasteiger partial charge in [-0.05, 0) is 12.0 Å². The van der Waals surface area contributed by atoms with Crippen molar-refractivity contribution >= 4 is 11.7 Å². The van der Waals surface area contributed by atoms with Crippen molar-refractivity contribution in [2.45, 2.75) is 19.8 Å². The van der Waals surface area contributed by atoms with Gasteiger partial charge in [-0.15, -0.1) is 0 Å².